The van der Waals surface area contributed by atoms with Crippen LogP contribution in [0.25, 0.3) is 0 Å². The molecule has 0 aliphatic carbocycles. The minimum Gasteiger partial charge on any atom is -0.374 e. The molecule has 0 aromatic carbocycles. The van der Waals surface area contributed by atoms with Crippen molar-refractivity contribution in [2.75, 3.05) is 13.2 Å². The third-order valence-electron chi connectivity index (χ3n) is 2.30. The van der Waals surface area contributed by atoms with Gasteiger partial charge in [-0.15, -0.1) is 0 Å². The summed E-state index contributed by atoms with van der Waals surface area (Å²) in [6.07, 6.45) is 2.48. The van der Waals surface area contributed by atoms with Crippen LogP contribution in [-0.2, 0) is 4.74 Å². The molecule has 0 bridgehead atoms. The van der Waals surface area contributed by atoms with E-state index in [9.17, 15) is 0 Å². The van der Waals surface area contributed by atoms with Crippen LogP contribution >= 0.6 is 0 Å². The van der Waals surface area contributed by atoms with Crippen LogP contribution in [0.3, 0.4) is 0 Å². The maximum Gasteiger partial charge on any atom is 0.0626 e. The van der Waals surface area contributed by atoms with Gasteiger partial charge in [-0.3, -0.25) is 0 Å². The van der Waals surface area contributed by atoms with Gasteiger partial charge in [0.05, 0.1) is 12.2 Å². The molecule has 0 amide bonds. The molecular formula is C13H29NO. The highest BCUT2D eigenvalue weighted by atomic mass is 16.5. The molecule has 1 N–H and O–H groups in total. The Morgan fingerprint density at radius 2 is 1.73 bits per heavy atom. The first kappa shape index (κ1) is 14.9. The lowest BCUT2D eigenvalue weighted by Crippen LogP contribution is -2.36. The normalized spacial score (nSPS) is 14.6. The van der Waals surface area contributed by atoms with Gasteiger partial charge in [-0.05, 0) is 46.1 Å². The lowest BCUT2D eigenvalue weighted by molar-refractivity contribution is -0.0157. The summed E-state index contributed by atoms with van der Waals surface area (Å²) in [5, 5.41) is 3.49. The molecule has 0 radical (unpaired) electrons. The fourth-order valence-corrected chi connectivity index (χ4v) is 1.42. The second-order valence-corrected chi connectivity index (χ2v) is 5.65. The summed E-state index contributed by atoms with van der Waals surface area (Å²) in [5.41, 5.74) is -0.0223. The van der Waals surface area contributed by atoms with E-state index in [2.05, 4.69) is 46.9 Å². The number of likely N-dealkylation sites (N-methyl/N-ethyl adjacent to an activating group) is 1. The molecule has 0 aliphatic heterocycles. The second-order valence-electron chi connectivity index (χ2n) is 5.65. The van der Waals surface area contributed by atoms with Crippen molar-refractivity contribution in [2.45, 2.75) is 66.0 Å². The van der Waals surface area contributed by atoms with Gasteiger partial charge in [0, 0.05) is 6.04 Å². The first-order valence-corrected chi connectivity index (χ1v) is 6.22. The zero-order chi connectivity index (χ0) is 11.9. The summed E-state index contributed by atoms with van der Waals surface area (Å²) in [4.78, 5) is 0. The maximum absolute atomic E-state index is 5.81. The summed E-state index contributed by atoms with van der Waals surface area (Å²) >= 11 is 0. The van der Waals surface area contributed by atoms with E-state index in [0.717, 1.165) is 19.1 Å². The molecule has 1 atom stereocenters. The van der Waals surface area contributed by atoms with E-state index in [1.54, 1.807) is 0 Å². The van der Waals surface area contributed by atoms with E-state index in [1.807, 2.05) is 0 Å². The summed E-state index contributed by atoms with van der Waals surface area (Å²) in [5.74, 6) is 0.779. The first-order chi connectivity index (χ1) is 6.85. The number of nitrogens with one attached hydrogen (secondary N) is 1. The van der Waals surface area contributed by atoms with Gasteiger partial charge in [0.25, 0.3) is 0 Å². The zero-order valence-electron chi connectivity index (χ0n) is 11.4. The number of hydrogen-bond acceptors (Lipinski definition) is 2. The lowest BCUT2D eigenvalue weighted by atomic mass is 10.0. The SMILES string of the molecule is CCNC(CCC(C)C)COC(C)(C)C. The van der Waals surface area contributed by atoms with Crippen molar-refractivity contribution in [2.24, 2.45) is 5.92 Å². The number of ether oxygens (including phenoxy) is 1. The monoisotopic (exact) mass is 215 g/mol. The van der Waals surface area contributed by atoms with Gasteiger partial charge in [-0.1, -0.05) is 20.8 Å². The highest BCUT2D eigenvalue weighted by Gasteiger charge is 2.14. The molecule has 0 spiro atoms. The standard InChI is InChI=1S/C13H29NO/c1-7-14-12(9-8-11(2)3)10-15-13(4,5)6/h11-12,14H,7-10H2,1-6H3. The molecule has 92 valence electrons. The third kappa shape index (κ3) is 10.2. The van der Waals surface area contributed by atoms with Gasteiger partial charge in [-0.2, -0.15) is 0 Å². The van der Waals surface area contributed by atoms with Gasteiger partial charge >= 0.3 is 0 Å². The largest absolute Gasteiger partial charge is 0.374 e. The van der Waals surface area contributed by atoms with Crippen LogP contribution in [-0.4, -0.2) is 24.8 Å². The molecule has 0 aromatic heterocycles. The van der Waals surface area contributed by atoms with Gasteiger partial charge in [0.1, 0.15) is 0 Å². The van der Waals surface area contributed by atoms with Gasteiger partial charge in [0.2, 0.25) is 0 Å². The highest BCUT2D eigenvalue weighted by Crippen LogP contribution is 2.11. The second kappa shape index (κ2) is 7.24. The Balaban J connectivity index is 3.82. The molecule has 0 fully saturated rings. The minimum atomic E-state index is -0.0223. The minimum absolute atomic E-state index is 0.0223. The van der Waals surface area contributed by atoms with Crippen molar-refractivity contribution in [3.8, 4) is 0 Å². The predicted octanol–water partition coefficient (Wildman–Crippen LogP) is 3.22. The molecular weight excluding hydrogens is 186 g/mol. The molecule has 0 saturated carbocycles. The molecule has 0 heterocycles. The lowest BCUT2D eigenvalue weighted by Gasteiger charge is -2.25. The maximum atomic E-state index is 5.81. The van der Waals surface area contributed by atoms with Gasteiger partial charge < -0.3 is 10.1 Å². The van der Waals surface area contributed by atoms with Crippen LogP contribution in [0.1, 0.15) is 54.4 Å². The fraction of sp³-hybridized carbons (Fsp3) is 1.00. The van der Waals surface area contributed by atoms with Gasteiger partial charge in [0.15, 0.2) is 0 Å². The molecule has 1 unspecified atom stereocenters. The highest BCUT2D eigenvalue weighted by molar-refractivity contribution is 4.69. The summed E-state index contributed by atoms with van der Waals surface area (Å²) < 4.78 is 5.81. The van der Waals surface area contributed by atoms with E-state index in [-0.39, 0.29) is 5.60 Å². The van der Waals surface area contributed by atoms with Crippen molar-refractivity contribution < 1.29 is 4.74 Å². The van der Waals surface area contributed by atoms with E-state index in [4.69, 9.17) is 4.74 Å². The molecule has 2 nitrogen and oxygen atoms in total. The van der Waals surface area contributed by atoms with Gasteiger partial charge in [-0.25, -0.2) is 0 Å². The Morgan fingerprint density at radius 1 is 1.13 bits per heavy atom. The van der Waals surface area contributed by atoms with Crippen molar-refractivity contribution in [1.82, 2.24) is 5.32 Å². The van der Waals surface area contributed by atoms with Crippen LogP contribution in [0.4, 0.5) is 0 Å². The topological polar surface area (TPSA) is 21.3 Å². The molecule has 0 saturated heterocycles. The smallest absolute Gasteiger partial charge is 0.0626 e. The molecule has 0 rings (SSSR count). The Hall–Kier alpha value is -0.0800. The Labute approximate surface area is 95.8 Å². The first-order valence-electron chi connectivity index (χ1n) is 6.22. The van der Waals surface area contributed by atoms with Crippen LogP contribution in [0.2, 0.25) is 0 Å². The molecule has 2 heteroatoms. The zero-order valence-corrected chi connectivity index (χ0v) is 11.4. The Kier molecular flexibility index (Phi) is 7.20. The van der Waals surface area contributed by atoms with E-state index in [0.29, 0.717) is 6.04 Å². The Bertz CT molecular complexity index is 149. The van der Waals surface area contributed by atoms with Crippen molar-refractivity contribution in [3.05, 3.63) is 0 Å². The number of hydrogen-bond donors (Lipinski definition) is 1. The predicted molar refractivity (Wildman–Crippen MR) is 67.2 cm³/mol. The van der Waals surface area contributed by atoms with Crippen LogP contribution in [0, 0.1) is 5.92 Å². The average Bonchev–Trinajstić information content (AvgIpc) is 2.08. The summed E-state index contributed by atoms with van der Waals surface area (Å²) in [6, 6.07) is 0.511. The van der Waals surface area contributed by atoms with Crippen LogP contribution in [0.15, 0.2) is 0 Å². The van der Waals surface area contributed by atoms with E-state index >= 15 is 0 Å². The van der Waals surface area contributed by atoms with Crippen LogP contribution < -0.4 is 5.32 Å². The van der Waals surface area contributed by atoms with Crippen LogP contribution in [0.5, 0.6) is 0 Å². The Morgan fingerprint density at radius 3 is 2.13 bits per heavy atom. The molecule has 0 aliphatic rings. The summed E-state index contributed by atoms with van der Waals surface area (Å²) in [7, 11) is 0. The fourth-order valence-electron chi connectivity index (χ4n) is 1.42. The van der Waals surface area contributed by atoms with Crippen molar-refractivity contribution >= 4 is 0 Å². The van der Waals surface area contributed by atoms with E-state index < -0.39 is 0 Å². The summed E-state index contributed by atoms with van der Waals surface area (Å²) in [6.45, 7) is 14.9. The molecule has 15 heavy (non-hydrogen) atoms. The third-order valence-corrected chi connectivity index (χ3v) is 2.30. The van der Waals surface area contributed by atoms with E-state index in [1.165, 1.54) is 12.8 Å². The quantitative estimate of drug-likeness (QED) is 0.704. The van der Waals surface area contributed by atoms with Crippen molar-refractivity contribution in [3.63, 3.8) is 0 Å². The number of rotatable bonds is 7. The average molecular weight is 215 g/mol. The van der Waals surface area contributed by atoms with Crippen molar-refractivity contribution in [1.29, 1.82) is 0 Å². The molecule has 0 aromatic rings.